The molecule has 0 aliphatic rings. The van der Waals surface area contributed by atoms with Gasteiger partial charge in [0, 0.05) is 10.7 Å². The Labute approximate surface area is 206 Å². The number of carbonyl (C=O) groups excluding carboxylic acids is 1. The second kappa shape index (κ2) is 11.0. The monoisotopic (exact) mass is 500 g/mol. The molecule has 8 heteroatoms. The number of anilines is 1. The molecule has 0 bridgehead atoms. The van der Waals surface area contributed by atoms with Crippen LogP contribution >= 0.6 is 11.6 Å². The van der Waals surface area contributed by atoms with Gasteiger partial charge in [-0.2, -0.15) is 4.72 Å². The topological polar surface area (TPSA) is 84.5 Å². The SMILES string of the molecule is COc1ccc(Cl)cc1S(=O)(=O)NC(Cc1ccccc1)C(=O)Nc1c(C)cccc1C(C)C. The minimum absolute atomic E-state index is 0.132. The molecule has 1 atom stereocenters. The van der Waals surface area contributed by atoms with Crippen LogP contribution in [0.1, 0.15) is 36.5 Å². The number of sulfonamides is 1. The lowest BCUT2D eigenvalue weighted by atomic mass is 9.97. The van der Waals surface area contributed by atoms with Crippen molar-refractivity contribution in [1.29, 1.82) is 0 Å². The molecule has 34 heavy (non-hydrogen) atoms. The lowest BCUT2D eigenvalue weighted by Crippen LogP contribution is -2.45. The largest absolute Gasteiger partial charge is 0.495 e. The van der Waals surface area contributed by atoms with Crippen molar-refractivity contribution in [1.82, 2.24) is 4.72 Å². The Kier molecular flexibility index (Phi) is 8.36. The average molecular weight is 501 g/mol. The lowest BCUT2D eigenvalue weighted by molar-refractivity contribution is -0.117. The van der Waals surface area contributed by atoms with Crippen LogP contribution in [0.5, 0.6) is 5.75 Å². The summed E-state index contributed by atoms with van der Waals surface area (Å²) in [5.41, 5.74) is 3.39. The highest BCUT2D eigenvalue weighted by Crippen LogP contribution is 2.29. The third-order valence-corrected chi connectivity index (χ3v) is 7.21. The van der Waals surface area contributed by atoms with Gasteiger partial charge >= 0.3 is 0 Å². The average Bonchev–Trinajstić information content (AvgIpc) is 2.80. The highest BCUT2D eigenvalue weighted by Gasteiger charge is 2.29. The van der Waals surface area contributed by atoms with Gasteiger partial charge in [-0.05, 0) is 54.2 Å². The molecule has 0 saturated heterocycles. The van der Waals surface area contributed by atoms with E-state index in [-0.39, 0.29) is 28.0 Å². The molecule has 0 radical (unpaired) electrons. The number of methoxy groups -OCH3 is 1. The predicted molar refractivity (Wildman–Crippen MR) is 136 cm³/mol. The number of hydrogen-bond donors (Lipinski definition) is 2. The highest BCUT2D eigenvalue weighted by atomic mass is 35.5. The van der Waals surface area contributed by atoms with Crippen molar-refractivity contribution in [3.05, 3.63) is 88.4 Å². The van der Waals surface area contributed by atoms with E-state index in [2.05, 4.69) is 10.0 Å². The number of ether oxygens (including phenoxy) is 1. The van der Waals surface area contributed by atoms with Crippen molar-refractivity contribution in [2.45, 2.75) is 44.0 Å². The number of rotatable bonds is 9. The molecule has 0 saturated carbocycles. The summed E-state index contributed by atoms with van der Waals surface area (Å²) in [5, 5.41) is 3.21. The number of nitrogens with one attached hydrogen (secondary N) is 2. The van der Waals surface area contributed by atoms with E-state index >= 15 is 0 Å². The van der Waals surface area contributed by atoms with E-state index in [4.69, 9.17) is 16.3 Å². The predicted octanol–water partition coefficient (Wildman–Crippen LogP) is 5.31. The normalized spacial score (nSPS) is 12.4. The molecule has 0 aliphatic heterocycles. The smallest absolute Gasteiger partial charge is 0.245 e. The van der Waals surface area contributed by atoms with Gasteiger partial charge in [0.05, 0.1) is 7.11 Å². The van der Waals surface area contributed by atoms with E-state index in [0.29, 0.717) is 5.69 Å². The first-order chi connectivity index (χ1) is 16.1. The number of benzene rings is 3. The fourth-order valence-corrected chi connectivity index (χ4v) is 5.33. The molecule has 1 amide bonds. The second-order valence-corrected chi connectivity index (χ2v) is 10.5. The van der Waals surface area contributed by atoms with Crippen LogP contribution < -0.4 is 14.8 Å². The number of amides is 1. The van der Waals surface area contributed by atoms with Crippen LogP contribution in [-0.2, 0) is 21.2 Å². The van der Waals surface area contributed by atoms with Gasteiger partial charge in [-0.3, -0.25) is 4.79 Å². The first-order valence-electron chi connectivity index (χ1n) is 10.9. The summed E-state index contributed by atoms with van der Waals surface area (Å²) < 4.78 is 34.5. The zero-order valence-electron chi connectivity index (χ0n) is 19.6. The fourth-order valence-electron chi connectivity index (χ4n) is 3.70. The molecule has 3 rings (SSSR count). The Morgan fingerprint density at radius 1 is 1.03 bits per heavy atom. The van der Waals surface area contributed by atoms with Crippen molar-refractivity contribution in [2.24, 2.45) is 0 Å². The minimum atomic E-state index is -4.14. The summed E-state index contributed by atoms with van der Waals surface area (Å²) >= 11 is 6.05. The summed E-state index contributed by atoms with van der Waals surface area (Å²) in [6.45, 7) is 5.99. The van der Waals surface area contributed by atoms with E-state index < -0.39 is 22.0 Å². The maximum absolute atomic E-state index is 13.5. The summed E-state index contributed by atoms with van der Waals surface area (Å²) in [6.07, 6.45) is 0.164. The van der Waals surface area contributed by atoms with Crippen LogP contribution in [0, 0.1) is 6.92 Å². The molecule has 2 N–H and O–H groups in total. The quantitative estimate of drug-likeness (QED) is 0.417. The third-order valence-electron chi connectivity index (χ3n) is 5.49. The first kappa shape index (κ1) is 25.7. The van der Waals surface area contributed by atoms with Crippen LogP contribution in [0.3, 0.4) is 0 Å². The zero-order valence-corrected chi connectivity index (χ0v) is 21.2. The summed E-state index contributed by atoms with van der Waals surface area (Å²) in [7, 11) is -2.76. The van der Waals surface area contributed by atoms with Crippen LogP contribution in [0.15, 0.2) is 71.6 Å². The second-order valence-electron chi connectivity index (χ2n) is 8.34. The summed E-state index contributed by atoms with van der Waals surface area (Å²) in [6, 6.07) is 18.3. The van der Waals surface area contributed by atoms with Gasteiger partial charge in [0.1, 0.15) is 16.7 Å². The van der Waals surface area contributed by atoms with Crippen molar-refractivity contribution >= 4 is 33.2 Å². The zero-order chi connectivity index (χ0) is 24.9. The summed E-state index contributed by atoms with van der Waals surface area (Å²) in [4.78, 5) is 13.3. The fraction of sp³-hybridized carbons (Fsp3) is 0.269. The maximum Gasteiger partial charge on any atom is 0.245 e. The minimum Gasteiger partial charge on any atom is -0.495 e. The molecule has 3 aromatic rings. The van der Waals surface area contributed by atoms with Gasteiger partial charge in [0.2, 0.25) is 15.9 Å². The van der Waals surface area contributed by atoms with E-state index in [0.717, 1.165) is 16.7 Å². The molecule has 1 unspecified atom stereocenters. The number of aryl methyl sites for hydroxylation is 1. The molecule has 0 aromatic heterocycles. The van der Waals surface area contributed by atoms with E-state index in [9.17, 15) is 13.2 Å². The molecule has 0 heterocycles. The molecule has 0 fully saturated rings. The van der Waals surface area contributed by atoms with Gasteiger partial charge in [-0.1, -0.05) is 74.0 Å². The van der Waals surface area contributed by atoms with Crippen LogP contribution in [-0.4, -0.2) is 27.5 Å². The van der Waals surface area contributed by atoms with E-state index in [1.54, 1.807) is 6.07 Å². The van der Waals surface area contributed by atoms with Gasteiger partial charge in [-0.15, -0.1) is 0 Å². The molecular weight excluding hydrogens is 472 g/mol. The van der Waals surface area contributed by atoms with Gasteiger partial charge in [0.15, 0.2) is 0 Å². The summed E-state index contributed by atoms with van der Waals surface area (Å²) in [5.74, 6) is -0.142. The van der Waals surface area contributed by atoms with Crippen molar-refractivity contribution in [3.63, 3.8) is 0 Å². The number of halogens is 1. The Balaban J connectivity index is 1.98. The molecule has 0 aliphatic carbocycles. The lowest BCUT2D eigenvalue weighted by Gasteiger charge is -2.22. The molecule has 180 valence electrons. The highest BCUT2D eigenvalue weighted by molar-refractivity contribution is 7.89. The van der Waals surface area contributed by atoms with Crippen LogP contribution in [0.25, 0.3) is 0 Å². The van der Waals surface area contributed by atoms with Gasteiger partial charge in [-0.25, -0.2) is 8.42 Å². The molecule has 3 aromatic carbocycles. The standard InChI is InChI=1S/C26H29ClN2O4S/c1-17(2)21-12-8-9-18(3)25(21)28-26(30)22(15-19-10-6-5-7-11-19)29-34(31,32)24-16-20(27)13-14-23(24)33-4/h5-14,16-17,22,29H,15H2,1-4H3,(H,28,30). The number of hydrogen-bond acceptors (Lipinski definition) is 4. The Hall–Kier alpha value is -2.87. The van der Waals surface area contributed by atoms with Crippen molar-refractivity contribution < 1.29 is 17.9 Å². The maximum atomic E-state index is 13.5. The number of para-hydroxylation sites is 1. The third kappa shape index (κ3) is 6.17. The first-order valence-corrected chi connectivity index (χ1v) is 12.8. The molecule has 6 nitrogen and oxygen atoms in total. The van der Waals surface area contributed by atoms with Crippen molar-refractivity contribution in [3.8, 4) is 5.75 Å². The van der Waals surface area contributed by atoms with Crippen LogP contribution in [0.2, 0.25) is 5.02 Å². The van der Waals surface area contributed by atoms with Crippen molar-refractivity contribution in [2.75, 3.05) is 12.4 Å². The van der Waals surface area contributed by atoms with E-state index in [1.807, 2.05) is 69.3 Å². The Morgan fingerprint density at radius 2 is 1.74 bits per heavy atom. The Morgan fingerprint density at radius 3 is 2.38 bits per heavy atom. The molecular formula is C26H29ClN2O4S. The Bertz CT molecular complexity index is 1260. The van der Waals surface area contributed by atoms with Crippen LogP contribution in [0.4, 0.5) is 5.69 Å². The number of carbonyl (C=O) groups is 1. The molecule has 0 spiro atoms. The van der Waals surface area contributed by atoms with Gasteiger partial charge in [0.25, 0.3) is 0 Å². The van der Waals surface area contributed by atoms with Gasteiger partial charge < -0.3 is 10.1 Å². The van der Waals surface area contributed by atoms with E-state index in [1.165, 1.54) is 19.2 Å².